The summed E-state index contributed by atoms with van der Waals surface area (Å²) in [6.45, 7) is 6.88. The van der Waals surface area contributed by atoms with Crippen molar-refractivity contribution < 1.29 is 9.53 Å². The van der Waals surface area contributed by atoms with Crippen LogP contribution in [-0.2, 0) is 11.3 Å². The summed E-state index contributed by atoms with van der Waals surface area (Å²) in [6, 6.07) is 5.37. The summed E-state index contributed by atoms with van der Waals surface area (Å²) in [4.78, 5) is 27.6. The van der Waals surface area contributed by atoms with Crippen molar-refractivity contribution in [1.29, 1.82) is 0 Å². The van der Waals surface area contributed by atoms with Crippen molar-refractivity contribution in [3.63, 3.8) is 0 Å². The maximum Gasteiger partial charge on any atom is 0.410 e. The number of carbonyl (C=O) groups is 1. The lowest BCUT2D eigenvalue weighted by molar-refractivity contribution is 0.0270. The Balaban J connectivity index is 1.60. The van der Waals surface area contributed by atoms with Gasteiger partial charge in [-0.1, -0.05) is 35.3 Å². The van der Waals surface area contributed by atoms with Crippen molar-refractivity contribution in [3.8, 4) is 11.5 Å². The number of imidazole rings is 1. The predicted octanol–water partition coefficient (Wildman–Crippen LogP) is 4.74. The molecule has 168 valence electrons. The molecule has 3 aliphatic heterocycles. The second kappa shape index (κ2) is 8.60. The summed E-state index contributed by atoms with van der Waals surface area (Å²) >= 11 is 12.7. The fraction of sp³-hybridized carbons (Fsp3) is 0.364. The molecule has 0 aliphatic carbocycles. The monoisotopic (exact) mass is 474 g/mol. The molecule has 0 bridgehead atoms. The number of fused-ring (bicyclic) bond motifs is 1. The van der Waals surface area contributed by atoms with Gasteiger partial charge in [0, 0.05) is 28.7 Å². The normalized spacial score (nSPS) is 14.5. The highest BCUT2D eigenvalue weighted by atomic mass is 35.5. The molecule has 0 atom stereocenters. The van der Waals surface area contributed by atoms with E-state index in [0.717, 1.165) is 11.1 Å². The highest BCUT2D eigenvalue weighted by molar-refractivity contribution is 6.36. The van der Waals surface area contributed by atoms with E-state index >= 15 is 0 Å². The third kappa shape index (κ3) is 4.66. The molecule has 1 amide bonds. The largest absolute Gasteiger partial charge is 0.444 e. The maximum atomic E-state index is 12.3. The molecular weight excluding hydrogens is 451 g/mol. The zero-order valence-corrected chi connectivity index (χ0v) is 19.6. The van der Waals surface area contributed by atoms with Crippen LogP contribution in [0.4, 0.5) is 10.6 Å². The van der Waals surface area contributed by atoms with Crippen LogP contribution in [0.25, 0.3) is 17.1 Å². The molecule has 2 N–H and O–H groups in total. The van der Waals surface area contributed by atoms with E-state index < -0.39 is 5.60 Å². The molecule has 0 aromatic heterocycles. The van der Waals surface area contributed by atoms with Crippen LogP contribution in [0.3, 0.4) is 0 Å². The molecule has 32 heavy (non-hydrogen) atoms. The van der Waals surface area contributed by atoms with E-state index in [1.165, 1.54) is 0 Å². The lowest BCUT2D eigenvalue weighted by Crippen LogP contribution is -2.39. The fourth-order valence-electron chi connectivity index (χ4n) is 3.43. The van der Waals surface area contributed by atoms with Gasteiger partial charge in [0.15, 0.2) is 23.2 Å². The number of hydrogen-bond acceptors (Lipinski definition) is 6. The quantitative estimate of drug-likeness (QED) is 0.588. The standard InChI is InChI=1S/C22H24Cl2N6O2/c1-22(2,3)32-21(31)29-9-7-13(8-10-29)19-27-17-18(25)26-12-30(20(17)28-19)11-14-15(23)5-4-6-16(14)24/h4-7,12H,8-11,25H2,1-3H3. The topological polar surface area (TPSA) is 99.2 Å². The van der Waals surface area contributed by atoms with Gasteiger partial charge in [0.25, 0.3) is 0 Å². The molecule has 0 radical (unpaired) electrons. The van der Waals surface area contributed by atoms with Gasteiger partial charge in [-0.15, -0.1) is 0 Å². The van der Waals surface area contributed by atoms with Crippen molar-refractivity contribution in [2.45, 2.75) is 39.3 Å². The minimum atomic E-state index is -0.531. The van der Waals surface area contributed by atoms with Crippen molar-refractivity contribution >= 4 is 40.7 Å². The van der Waals surface area contributed by atoms with Crippen LogP contribution in [0.15, 0.2) is 30.6 Å². The zero-order chi connectivity index (χ0) is 23.0. The van der Waals surface area contributed by atoms with Gasteiger partial charge in [0.05, 0.1) is 12.9 Å². The third-order valence-corrected chi connectivity index (χ3v) is 5.74. The highest BCUT2D eigenvalue weighted by Gasteiger charge is 2.26. The maximum absolute atomic E-state index is 12.3. The van der Waals surface area contributed by atoms with Gasteiger partial charge < -0.3 is 19.9 Å². The summed E-state index contributed by atoms with van der Waals surface area (Å²) in [7, 11) is 0. The number of anilines is 1. The van der Waals surface area contributed by atoms with Crippen LogP contribution in [0.1, 0.15) is 38.6 Å². The Bertz CT molecular complexity index is 1150. The summed E-state index contributed by atoms with van der Waals surface area (Å²) < 4.78 is 7.28. The number of nitrogens with zero attached hydrogens (tertiary/aromatic N) is 5. The van der Waals surface area contributed by atoms with Gasteiger partial charge in [-0.05, 0) is 44.9 Å². The number of ether oxygens (including phenoxy) is 1. The smallest absolute Gasteiger partial charge is 0.410 e. The van der Waals surface area contributed by atoms with Gasteiger partial charge in [-0.25, -0.2) is 19.7 Å². The zero-order valence-electron chi connectivity index (χ0n) is 18.1. The lowest BCUT2D eigenvalue weighted by atomic mass is 10.1. The Hall–Kier alpha value is -2.84. The lowest BCUT2D eigenvalue weighted by Gasteiger charge is -2.29. The molecule has 0 unspecified atom stereocenters. The molecule has 0 saturated heterocycles. The summed E-state index contributed by atoms with van der Waals surface area (Å²) in [6.07, 6.45) is 3.83. The predicted molar refractivity (Wildman–Crippen MR) is 125 cm³/mol. The molecule has 8 nitrogen and oxygen atoms in total. The first-order chi connectivity index (χ1) is 15.1. The van der Waals surface area contributed by atoms with Crippen LogP contribution in [0.2, 0.25) is 10.0 Å². The van der Waals surface area contributed by atoms with Gasteiger partial charge in [0.2, 0.25) is 0 Å². The van der Waals surface area contributed by atoms with Crippen molar-refractivity contribution in [2.24, 2.45) is 0 Å². The van der Waals surface area contributed by atoms with Gasteiger partial charge in [0.1, 0.15) is 5.60 Å². The number of carbonyl (C=O) groups excluding carboxylic acids is 1. The Morgan fingerprint density at radius 2 is 1.94 bits per heavy atom. The Kier molecular flexibility index (Phi) is 6.01. The second-order valence-corrected chi connectivity index (χ2v) is 9.40. The average molecular weight is 475 g/mol. The second-order valence-electron chi connectivity index (χ2n) is 8.58. The summed E-state index contributed by atoms with van der Waals surface area (Å²) in [5.41, 5.74) is 7.77. The number of halogens is 2. The molecule has 3 aliphatic rings. The Labute approximate surface area is 196 Å². The number of nitrogens with two attached hydrogens (primary N) is 1. The van der Waals surface area contributed by atoms with Crippen LogP contribution in [0, 0.1) is 0 Å². The molecule has 10 heteroatoms. The van der Waals surface area contributed by atoms with Crippen LogP contribution in [0.5, 0.6) is 0 Å². The van der Waals surface area contributed by atoms with E-state index in [2.05, 4.69) is 9.97 Å². The number of nitrogen functional groups attached to an aromatic ring is 1. The molecule has 3 heterocycles. The minimum Gasteiger partial charge on any atom is -0.444 e. The molecule has 1 aromatic rings. The van der Waals surface area contributed by atoms with E-state index in [4.69, 9.17) is 38.7 Å². The summed E-state index contributed by atoms with van der Waals surface area (Å²) in [5, 5.41) is 1.12. The molecule has 0 saturated carbocycles. The van der Waals surface area contributed by atoms with E-state index in [1.807, 2.05) is 31.4 Å². The van der Waals surface area contributed by atoms with E-state index in [0.29, 0.717) is 59.3 Å². The van der Waals surface area contributed by atoms with Crippen molar-refractivity contribution in [2.75, 3.05) is 18.8 Å². The minimum absolute atomic E-state index is 0.298. The number of benzene rings is 1. The Morgan fingerprint density at radius 3 is 2.56 bits per heavy atom. The van der Waals surface area contributed by atoms with Crippen molar-refractivity contribution in [3.05, 3.63) is 52.0 Å². The average Bonchev–Trinajstić information content (AvgIpc) is 3.18. The van der Waals surface area contributed by atoms with Crippen molar-refractivity contribution in [1.82, 2.24) is 24.4 Å². The number of amides is 1. The third-order valence-electron chi connectivity index (χ3n) is 5.03. The molecule has 4 rings (SSSR count). The first kappa shape index (κ1) is 22.4. The van der Waals surface area contributed by atoms with Gasteiger partial charge in [-0.2, -0.15) is 0 Å². The number of aromatic nitrogens is 4. The molecule has 1 aromatic carbocycles. The Morgan fingerprint density at radius 1 is 1.22 bits per heavy atom. The first-order valence-corrected chi connectivity index (χ1v) is 11.0. The highest BCUT2D eigenvalue weighted by Crippen LogP contribution is 2.31. The number of hydrogen-bond donors (Lipinski definition) is 1. The SMILES string of the molecule is CC(C)(C)OC(=O)N1CC=C(c2nc3c(N)ncn(Cc4c(Cl)cccc4Cl)c-3n2)CC1. The van der Waals surface area contributed by atoms with E-state index in [1.54, 1.807) is 29.4 Å². The fourth-order valence-corrected chi connectivity index (χ4v) is 3.95. The van der Waals surface area contributed by atoms with E-state index in [9.17, 15) is 4.79 Å². The summed E-state index contributed by atoms with van der Waals surface area (Å²) in [5.74, 6) is 1.47. The first-order valence-electron chi connectivity index (χ1n) is 10.2. The number of rotatable bonds is 3. The van der Waals surface area contributed by atoms with Gasteiger partial charge in [-0.3, -0.25) is 0 Å². The van der Waals surface area contributed by atoms with E-state index in [-0.39, 0.29) is 6.09 Å². The van der Waals surface area contributed by atoms with Gasteiger partial charge >= 0.3 is 6.09 Å². The van der Waals surface area contributed by atoms with Crippen LogP contribution < -0.4 is 5.73 Å². The molecule has 0 fully saturated rings. The molecule has 0 spiro atoms. The van der Waals surface area contributed by atoms with Crippen LogP contribution >= 0.6 is 23.2 Å². The van der Waals surface area contributed by atoms with Crippen LogP contribution in [-0.4, -0.2) is 49.2 Å². The molecular formula is C22H24Cl2N6O2.